The second-order valence-corrected chi connectivity index (χ2v) is 6.73. The second kappa shape index (κ2) is 8.53. The summed E-state index contributed by atoms with van der Waals surface area (Å²) in [5.41, 5.74) is 0.375. The third kappa shape index (κ3) is 5.30. The molecule has 0 spiro atoms. The van der Waals surface area contributed by atoms with Crippen LogP contribution in [0, 0.1) is 5.82 Å². The summed E-state index contributed by atoms with van der Waals surface area (Å²) >= 11 is 0. The van der Waals surface area contributed by atoms with Crippen LogP contribution in [0.15, 0.2) is 18.2 Å². The molecule has 8 nitrogen and oxygen atoms in total. The predicted molar refractivity (Wildman–Crippen MR) is 95.2 cm³/mol. The van der Waals surface area contributed by atoms with Crippen LogP contribution < -0.4 is 20.3 Å². The Morgan fingerprint density at radius 1 is 1.48 bits per heavy atom. The van der Waals surface area contributed by atoms with Crippen LogP contribution in [0.1, 0.15) is 19.8 Å². The molecule has 2 amide bonds. The van der Waals surface area contributed by atoms with Gasteiger partial charge in [-0.3, -0.25) is 9.69 Å². The lowest BCUT2D eigenvalue weighted by atomic mass is 10.2. The number of rotatable bonds is 9. The van der Waals surface area contributed by atoms with E-state index >= 15 is 0 Å². The van der Waals surface area contributed by atoms with Crippen molar-refractivity contribution in [2.45, 2.75) is 38.0 Å². The van der Waals surface area contributed by atoms with Crippen LogP contribution in [0.5, 0.6) is 5.75 Å². The largest absolute Gasteiger partial charge is 0.490 e. The van der Waals surface area contributed by atoms with Crippen LogP contribution in [-0.4, -0.2) is 61.6 Å². The summed E-state index contributed by atoms with van der Waals surface area (Å²) < 4.78 is 24.9. The van der Waals surface area contributed by atoms with Gasteiger partial charge in [-0.15, -0.1) is 0 Å². The molecule has 148 valence electrons. The van der Waals surface area contributed by atoms with Gasteiger partial charge in [-0.1, -0.05) is 0 Å². The molecule has 2 fully saturated rings. The van der Waals surface area contributed by atoms with Crippen LogP contribution in [0.2, 0.25) is 0 Å². The smallest absolute Gasteiger partial charge is 0.414 e. The highest BCUT2D eigenvalue weighted by Crippen LogP contribution is 2.27. The minimum Gasteiger partial charge on any atom is -0.490 e. The zero-order valence-corrected chi connectivity index (χ0v) is 15.1. The Labute approximate surface area is 156 Å². The standard InChI is InChI=1S/C18H24FN3O5/c1-11(23)21-9-13-10-22(18(25)27-13)12-3-4-17(14(19)7-12)26-6-2-5-20-15-8-16(15)24/h3-4,7,13,15-16,20,24H,2,5-6,8-10H2,1H3,(H,21,23)/t13-,15-,16-/m0/s1. The van der Waals surface area contributed by atoms with Gasteiger partial charge in [-0.25, -0.2) is 9.18 Å². The molecular weight excluding hydrogens is 357 g/mol. The van der Waals surface area contributed by atoms with Crippen molar-refractivity contribution in [1.29, 1.82) is 0 Å². The number of cyclic esters (lactones) is 1. The highest BCUT2D eigenvalue weighted by molar-refractivity contribution is 5.89. The minimum atomic E-state index is -0.577. The molecule has 27 heavy (non-hydrogen) atoms. The number of nitrogens with one attached hydrogen (secondary N) is 2. The Balaban J connectivity index is 1.47. The molecule has 0 unspecified atom stereocenters. The number of hydrogen-bond donors (Lipinski definition) is 3. The van der Waals surface area contributed by atoms with Crippen LogP contribution in [0.25, 0.3) is 0 Å². The number of benzene rings is 1. The van der Waals surface area contributed by atoms with Gasteiger partial charge < -0.3 is 25.2 Å². The van der Waals surface area contributed by atoms with Crippen molar-refractivity contribution in [2.75, 3.05) is 31.1 Å². The van der Waals surface area contributed by atoms with E-state index in [4.69, 9.17) is 9.47 Å². The fraction of sp³-hybridized carbons (Fsp3) is 0.556. The average molecular weight is 381 g/mol. The highest BCUT2D eigenvalue weighted by Gasteiger charge is 2.34. The van der Waals surface area contributed by atoms with Crippen molar-refractivity contribution in [3.63, 3.8) is 0 Å². The lowest BCUT2D eigenvalue weighted by Gasteiger charge is -2.15. The Bertz CT molecular complexity index is 702. The van der Waals surface area contributed by atoms with E-state index in [0.717, 1.165) is 6.42 Å². The van der Waals surface area contributed by atoms with Gasteiger partial charge in [0.1, 0.15) is 6.10 Å². The maximum Gasteiger partial charge on any atom is 0.414 e. The molecular formula is C18H24FN3O5. The zero-order chi connectivity index (χ0) is 19.4. The van der Waals surface area contributed by atoms with E-state index in [-0.39, 0.29) is 36.9 Å². The number of halogens is 1. The lowest BCUT2D eigenvalue weighted by molar-refractivity contribution is -0.119. The SMILES string of the molecule is CC(=O)NC[C@H]1CN(c2ccc(OCCCN[C@H]3C[C@@H]3O)c(F)c2)C(=O)O1. The normalized spacial score (nSPS) is 23.9. The molecule has 1 aliphatic heterocycles. The number of anilines is 1. The molecule has 9 heteroatoms. The molecule has 1 heterocycles. The molecule has 1 saturated heterocycles. The monoisotopic (exact) mass is 381 g/mol. The van der Waals surface area contributed by atoms with Gasteiger partial charge in [0.2, 0.25) is 5.91 Å². The Hall–Kier alpha value is -2.39. The molecule has 1 aliphatic carbocycles. The molecule has 3 atom stereocenters. The van der Waals surface area contributed by atoms with Crippen LogP contribution in [-0.2, 0) is 9.53 Å². The van der Waals surface area contributed by atoms with Gasteiger partial charge in [0, 0.05) is 19.0 Å². The molecule has 0 radical (unpaired) electrons. The number of hydrogen-bond acceptors (Lipinski definition) is 6. The maximum atomic E-state index is 14.3. The first-order chi connectivity index (χ1) is 12.9. The fourth-order valence-corrected chi connectivity index (χ4v) is 2.81. The van der Waals surface area contributed by atoms with Gasteiger partial charge in [0.05, 0.1) is 31.5 Å². The molecule has 0 aromatic heterocycles. The Morgan fingerprint density at radius 2 is 2.26 bits per heavy atom. The summed E-state index contributed by atoms with van der Waals surface area (Å²) in [6.07, 6.45) is 0.172. The van der Waals surface area contributed by atoms with Gasteiger partial charge >= 0.3 is 6.09 Å². The van der Waals surface area contributed by atoms with E-state index in [2.05, 4.69) is 10.6 Å². The van der Waals surface area contributed by atoms with E-state index in [1.165, 1.54) is 24.0 Å². The predicted octanol–water partition coefficient (Wildman–Crippen LogP) is 0.779. The first kappa shape index (κ1) is 19.4. The number of amides is 2. The van der Waals surface area contributed by atoms with Crippen molar-refractivity contribution in [3.8, 4) is 5.75 Å². The Kier molecular flexibility index (Phi) is 6.12. The molecule has 1 aromatic rings. The molecule has 0 bridgehead atoms. The zero-order valence-electron chi connectivity index (χ0n) is 15.1. The first-order valence-corrected chi connectivity index (χ1v) is 9.00. The number of carbonyl (C=O) groups is 2. The quantitative estimate of drug-likeness (QED) is 0.547. The van der Waals surface area contributed by atoms with Gasteiger partial charge in [-0.05, 0) is 31.5 Å². The summed E-state index contributed by atoms with van der Waals surface area (Å²) in [5.74, 6) is -0.649. The summed E-state index contributed by atoms with van der Waals surface area (Å²) in [7, 11) is 0. The summed E-state index contributed by atoms with van der Waals surface area (Å²) in [6.45, 7) is 2.87. The van der Waals surface area contributed by atoms with Crippen LogP contribution in [0.4, 0.5) is 14.9 Å². The van der Waals surface area contributed by atoms with Crippen molar-refractivity contribution >= 4 is 17.7 Å². The van der Waals surface area contributed by atoms with Gasteiger partial charge in [-0.2, -0.15) is 0 Å². The lowest BCUT2D eigenvalue weighted by Crippen LogP contribution is -2.33. The van der Waals surface area contributed by atoms with Crippen molar-refractivity contribution < 1.29 is 28.6 Å². The second-order valence-electron chi connectivity index (χ2n) is 6.73. The van der Waals surface area contributed by atoms with Crippen molar-refractivity contribution in [3.05, 3.63) is 24.0 Å². The number of ether oxygens (including phenoxy) is 2. The van der Waals surface area contributed by atoms with Gasteiger partial charge in [0.15, 0.2) is 11.6 Å². The number of aliphatic hydroxyl groups is 1. The van der Waals surface area contributed by atoms with E-state index in [1.807, 2.05) is 0 Å². The summed E-state index contributed by atoms with van der Waals surface area (Å²) in [6, 6.07) is 4.49. The van der Waals surface area contributed by atoms with Crippen molar-refractivity contribution in [2.24, 2.45) is 0 Å². The molecule has 2 aliphatic rings. The van der Waals surface area contributed by atoms with Crippen molar-refractivity contribution in [1.82, 2.24) is 10.6 Å². The number of aliphatic hydroxyl groups excluding tert-OH is 1. The molecule has 1 aromatic carbocycles. The third-order valence-corrected chi connectivity index (χ3v) is 4.42. The number of carbonyl (C=O) groups excluding carboxylic acids is 2. The van der Waals surface area contributed by atoms with Crippen LogP contribution >= 0.6 is 0 Å². The van der Waals surface area contributed by atoms with Gasteiger partial charge in [0.25, 0.3) is 0 Å². The Morgan fingerprint density at radius 3 is 2.93 bits per heavy atom. The minimum absolute atomic E-state index is 0.118. The fourth-order valence-electron chi connectivity index (χ4n) is 2.81. The number of nitrogens with zero attached hydrogens (tertiary/aromatic N) is 1. The average Bonchev–Trinajstić information content (AvgIpc) is 3.19. The molecule has 3 N–H and O–H groups in total. The third-order valence-electron chi connectivity index (χ3n) is 4.42. The summed E-state index contributed by atoms with van der Waals surface area (Å²) in [5, 5.41) is 15.0. The maximum absolute atomic E-state index is 14.3. The van der Waals surface area contributed by atoms with Crippen LogP contribution in [0.3, 0.4) is 0 Å². The molecule has 3 rings (SSSR count). The summed E-state index contributed by atoms with van der Waals surface area (Å²) in [4.78, 5) is 24.2. The van der Waals surface area contributed by atoms with E-state index in [9.17, 15) is 19.1 Å². The topological polar surface area (TPSA) is 100 Å². The molecule has 1 saturated carbocycles. The van der Waals surface area contributed by atoms with E-state index in [1.54, 1.807) is 6.07 Å². The first-order valence-electron chi connectivity index (χ1n) is 9.00. The van der Waals surface area contributed by atoms with E-state index < -0.39 is 18.0 Å². The van der Waals surface area contributed by atoms with E-state index in [0.29, 0.717) is 25.3 Å². The highest BCUT2D eigenvalue weighted by atomic mass is 19.1.